The molecule has 0 atom stereocenters. The molecule has 1 aromatic rings. The lowest BCUT2D eigenvalue weighted by atomic mass is 9.85. The monoisotopic (exact) mass is 253 g/mol. The van der Waals surface area contributed by atoms with Crippen LogP contribution in [0.15, 0.2) is 11.4 Å². The highest BCUT2D eigenvalue weighted by molar-refractivity contribution is 7.14. The molecule has 0 aliphatic heterocycles. The lowest BCUT2D eigenvalue weighted by Crippen LogP contribution is -2.29. The third-order valence-corrected chi connectivity index (χ3v) is 4.31. The summed E-state index contributed by atoms with van der Waals surface area (Å²) in [7, 11) is 0. The average Bonchev–Trinajstić information content (AvgIpc) is 2.75. The fourth-order valence-corrected chi connectivity index (χ4v) is 3.37. The highest BCUT2D eigenvalue weighted by atomic mass is 32.1. The van der Waals surface area contributed by atoms with E-state index in [0.29, 0.717) is 6.54 Å². The van der Waals surface area contributed by atoms with E-state index in [0.717, 1.165) is 5.92 Å². The first-order valence-corrected chi connectivity index (χ1v) is 7.48. The molecule has 3 heteroatoms. The molecule has 1 aromatic heterocycles. The SMILES string of the molecule is CC(C)(O)CNc1sccc1C1CCCCC1. The van der Waals surface area contributed by atoms with E-state index in [9.17, 15) is 5.11 Å². The van der Waals surface area contributed by atoms with Crippen LogP contribution in [0.4, 0.5) is 5.00 Å². The van der Waals surface area contributed by atoms with E-state index in [-0.39, 0.29) is 0 Å². The van der Waals surface area contributed by atoms with Crippen LogP contribution in [0.25, 0.3) is 0 Å². The van der Waals surface area contributed by atoms with Crippen molar-refractivity contribution in [1.29, 1.82) is 0 Å². The molecular weight excluding hydrogens is 230 g/mol. The van der Waals surface area contributed by atoms with Crippen LogP contribution in [0, 0.1) is 0 Å². The molecule has 17 heavy (non-hydrogen) atoms. The van der Waals surface area contributed by atoms with Crippen molar-refractivity contribution in [2.24, 2.45) is 0 Å². The number of thiophene rings is 1. The summed E-state index contributed by atoms with van der Waals surface area (Å²) in [6.07, 6.45) is 6.78. The zero-order valence-corrected chi connectivity index (χ0v) is 11.6. The van der Waals surface area contributed by atoms with Crippen molar-refractivity contribution in [3.63, 3.8) is 0 Å². The molecule has 1 saturated carbocycles. The van der Waals surface area contributed by atoms with Gasteiger partial charge in [0.25, 0.3) is 0 Å². The van der Waals surface area contributed by atoms with Crippen LogP contribution in [-0.2, 0) is 0 Å². The van der Waals surface area contributed by atoms with E-state index < -0.39 is 5.60 Å². The van der Waals surface area contributed by atoms with Gasteiger partial charge in [-0.3, -0.25) is 0 Å². The zero-order valence-electron chi connectivity index (χ0n) is 10.8. The van der Waals surface area contributed by atoms with Crippen molar-refractivity contribution in [1.82, 2.24) is 0 Å². The Morgan fingerprint density at radius 2 is 2.06 bits per heavy atom. The summed E-state index contributed by atoms with van der Waals surface area (Å²) in [4.78, 5) is 0. The number of hydrogen-bond acceptors (Lipinski definition) is 3. The smallest absolute Gasteiger partial charge is 0.0918 e. The second kappa shape index (κ2) is 5.40. The van der Waals surface area contributed by atoms with Crippen molar-refractivity contribution < 1.29 is 5.11 Å². The van der Waals surface area contributed by atoms with Gasteiger partial charge in [0.2, 0.25) is 0 Å². The number of aliphatic hydroxyl groups is 1. The molecule has 1 aliphatic carbocycles. The van der Waals surface area contributed by atoms with E-state index in [1.807, 2.05) is 13.8 Å². The summed E-state index contributed by atoms with van der Waals surface area (Å²) >= 11 is 1.76. The second-order valence-electron chi connectivity index (χ2n) is 5.71. The Bertz CT molecular complexity index is 347. The predicted molar refractivity (Wildman–Crippen MR) is 74.9 cm³/mol. The quantitative estimate of drug-likeness (QED) is 0.850. The zero-order chi connectivity index (χ0) is 12.3. The maximum atomic E-state index is 9.76. The fraction of sp³-hybridized carbons (Fsp3) is 0.714. The van der Waals surface area contributed by atoms with Crippen LogP contribution >= 0.6 is 11.3 Å². The van der Waals surface area contributed by atoms with Gasteiger partial charge in [-0.25, -0.2) is 0 Å². The molecule has 1 fully saturated rings. The van der Waals surface area contributed by atoms with Gasteiger partial charge in [0, 0.05) is 6.54 Å². The Labute approximate surface area is 108 Å². The Kier molecular flexibility index (Phi) is 4.10. The van der Waals surface area contributed by atoms with Crippen LogP contribution in [0.5, 0.6) is 0 Å². The molecule has 1 aliphatic rings. The minimum atomic E-state index is -0.645. The number of anilines is 1. The van der Waals surface area contributed by atoms with Gasteiger partial charge in [0.05, 0.1) is 10.6 Å². The topological polar surface area (TPSA) is 32.3 Å². The van der Waals surface area contributed by atoms with E-state index in [4.69, 9.17) is 0 Å². The first-order chi connectivity index (χ1) is 8.06. The van der Waals surface area contributed by atoms with E-state index in [1.54, 1.807) is 11.3 Å². The van der Waals surface area contributed by atoms with Crippen LogP contribution in [0.1, 0.15) is 57.4 Å². The number of hydrogen-bond donors (Lipinski definition) is 2. The summed E-state index contributed by atoms with van der Waals surface area (Å²) in [6, 6.07) is 2.26. The normalized spacial score (nSPS) is 18.3. The highest BCUT2D eigenvalue weighted by Gasteiger charge is 2.20. The van der Waals surface area contributed by atoms with Crippen molar-refractivity contribution in [2.45, 2.75) is 57.5 Å². The second-order valence-corrected chi connectivity index (χ2v) is 6.62. The maximum absolute atomic E-state index is 9.76. The third kappa shape index (κ3) is 3.71. The lowest BCUT2D eigenvalue weighted by Gasteiger charge is -2.24. The molecule has 0 spiro atoms. The van der Waals surface area contributed by atoms with Gasteiger partial charge in [0.1, 0.15) is 0 Å². The van der Waals surface area contributed by atoms with Crippen molar-refractivity contribution in [3.05, 3.63) is 17.0 Å². The Hall–Kier alpha value is -0.540. The largest absolute Gasteiger partial charge is 0.389 e. The first kappa shape index (κ1) is 12.9. The third-order valence-electron chi connectivity index (χ3n) is 3.42. The summed E-state index contributed by atoms with van der Waals surface area (Å²) in [5, 5.41) is 16.6. The predicted octanol–water partition coefficient (Wildman–Crippen LogP) is 3.98. The molecule has 0 bridgehead atoms. The molecule has 0 amide bonds. The standard InChI is InChI=1S/C14H23NOS/c1-14(2,16)10-15-13-12(8-9-17-13)11-6-4-3-5-7-11/h8-9,11,15-16H,3-7,10H2,1-2H3. The van der Waals surface area contributed by atoms with Gasteiger partial charge in [-0.2, -0.15) is 0 Å². The first-order valence-electron chi connectivity index (χ1n) is 6.60. The fourth-order valence-electron chi connectivity index (χ4n) is 2.49. The Morgan fingerprint density at radius 1 is 1.35 bits per heavy atom. The van der Waals surface area contributed by atoms with Gasteiger partial charge < -0.3 is 10.4 Å². The lowest BCUT2D eigenvalue weighted by molar-refractivity contribution is 0.0946. The Balaban J connectivity index is 2.00. The minimum absolute atomic E-state index is 0.618. The summed E-state index contributed by atoms with van der Waals surface area (Å²) in [5.74, 6) is 0.735. The summed E-state index contributed by atoms with van der Waals surface area (Å²) < 4.78 is 0. The van der Waals surface area contributed by atoms with Crippen LogP contribution in [0.3, 0.4) is 0 Å². The van der Waals surface area contributed by atoms with E-state index in [1.165, 1.54) is 42.7 Å². The van der Waals surface area contributed by atoms with Gasteiger partial charge in [-0.1, -0.05) is 19.3 Å². The average molecular weight is 253 g/mol. The molecule has 1 heterocycles. The van der Waals surface area contributed by atoms with Crippen LogP contribution in [-0.4, -0.2) is 17.3 Å². The number of rotatable bonds is 4. The van der Waals surface area contributed by atoms with Crippen molar-refractivity contribution in [3.8, 4) is 0 Å². The molecule has 0 unspecified atom stereocenters. The summed E-state index contributed by atoms with van der Waals surface area (Å²) in [5.41, 5.74) is 0.826. The van der Waals surface area contributed by atoms with E-state index >= 15 is 0 Å². The molecule has 2 N–H and O–H groups in total. The molecule has 2 rings (SSSR count). The maximum Gasteiger partial charge on any atom is 0.0918 e. The summed E-state index contributed by atoms with van der Waals surface area (Å²) in [6.45, 7) is 4.30. The number of nitrogens with one attached hydrogen (secondary N) is 1. The molecule has 0 radical (unpaired) electrons. The molecule has 2 nitrogen and oxygen atoms in total. The van der Waals surface area contributed by atoms with Gasteiger partial charge in [0.15, 0.2) is 0 Å². The van der Waals surface area contributed by atoms with Crippen LogP contribution < -0.4 is 5.32 Å². The Morgan fingerprint density at radius 3 is 2.71 bits per heavy atom. The van der Waals surface area contributed by atoms with Gasteiger partial charge >= 0.3 is 0 Å². The van der Waals surface area contributed by atoms with Gasteiger partial charge in [-0.15, -0.1) is 11.3 Å². The van der Waals surface area contributed by atoms with Gasteiger partial charge in [-0.05, 0) is 49.6 Å². The molecule has 0 aromatic carbocycles. The molecular formula is C14H23NOS. The molecule has 0 saturated heterocycles. The van der Waals surface area contributed by atoms with E-state index in [2.05, 4.69) is 16.8 Å². The highest BCUT2D eigenvalue weighted by Crippen LogP contribution is 2.39. The minimum Gasteiger partial charge on any atom is -0.389 e. The van der Waals surface area contributed by atoms with Crippen molar-refractivity contribution >= 4 is 16.3 Å². The van der Waals surface area contributed by atoms with Crippen molar-refractivity contribution in [2.75, 3.05) is 11.9 Å². The molecule has 96 valence electrons. The van der Waals surface area contributed by atoms with Crippen LogP contribution in [0.2, 0.25) is 0 Å².